The van der Waals surface area contributed by atoms with E-state index in [1.807, 2.05) is 43.3 Å². The second-order valence-corrected chi connectivity index (χ2v) is 7.74. The average Bonchev–Trinajstić information content (AvgIpc) is 3.00. The molecule has 3 rings (SSSR count). The fourth-order valence-corrected chi connectivity index (χ4v) is 3.43. The topological polar surface area (TPSA) is 86.8 Å². The van der Waals surface area contributed by atoms with E-state index in [4.69, 9.17) is 0 Å². The zero-order valence-corrected chi connectivity index (χ0v) is 17.5. The van der Waals surface area contributed by atoms with Crippen molar-refractivity contribution in [1.29, 1.82) is 0 Å². The molecule has 1 aliphatic rings. The van der Waals surface area contributed by atoms with Gasteiger partial charge in [0.15, 0.2) is 0 Å². The summed E-state index contributed by atoms with van der Waals surface area (Å²) >= 11 is 0. The Balaban J connectivity index is 1.73. The lowest BCUT2D eigenvalue weighted by Gasteiger charge is -2.17. The van der Waals surface area contributed by atoms with Gasteiger partial charge in [0.2, 0.25) is 11.7 Å². The molecule has 1 fully saturated rings. The highest BCUT2D eigenvalue weighted by Gasteiger charge is 2.41. The summed E-state index contributed by atoms with van der Waals surface area (Å²) in [5, 5.41) is 2.84. The van der Waals surface area contributed by atoms with Crippen LogP contribution in [0.15, 0.2) is 48.5 Å². The van der Waals surface area contributed by atoms with Gasteiger partial charge < -0.3 is 15.1 Å². The first-order chi connectivity index (χ1) is 14.2. The van der Waals surface area contributed by atoms with Gasteiger partial charge in [-0.2, -0.15) is 0 Å². The Kier molecular flexibility index (Phi) is 6.01. The Morgan fingerprint density at radius 1 is 1.07 bits per heavy atom. The minimum Gasteiger partial charge on any atom is -0.349 e. The molecule has 2 aromatic rings. The van der Waals surface area contributed by atoms with Crippen LogP contribution in [0.25, 0.3) is 11.1 Å². The molecule has 7 heteroatoms. The molecule has 0 saturated carbocycles. The van der Waals surface area contributed by atoms with Crippen molar-refractivity contribution in [2.75, 3.05) is 27.7 Å². The zero-order valence-electron chi connectivity index (χ0n) is 17.5. The van der Waals surface area contributed by atoms with E-state index in [9.17, 15) is 19.2 Å². The molecule has 0 aliphatic carbocycles. The molecule has 0 aromatic heterocycles. The van der Waals surface area contributed by atoms with Gasteiger partial charge in [-0.25, -0.2) is 0 Å². The van der Waals surface area contributed by atoms with Crippen molar-refractivity contribution >= 4 is 23.5 Å². The van der Waals surface area contributed by atoms with Crippen molar-refractivity contribution in [1.82, 2.24) is 15.1 Å². The van der Waals surface area contributed by atoms with Gasteiger partial charge in [0, 0.05) is 33.3 Å². The maximum Gasteiger partial charge on any atom is 0.290 e. The maximum atomic E-state index is 12.5. The number of nitrogens with zero attached hydrogens (tertiary/aromatic N) is 2. The van der Waals surface area contributed by atoms with Crippen LogP contribution in [0.2, 0.25) is 0 Å². The third kappa shape index (κ3) is 4.25. The van der Waals surface area contributed by atoms with Crippen molar-refractivity contribution in [3.8, 4) is 11.1 Å². The molecule has 156 valence electrons. The van der Waals surface area contributed by atoms with Crippen molar-refractivity contribution in [2.45, 2.75) is 13.0 Å². The summed E-state index contributed by atoms with van der Waals surface area (Å²) in [6.07, 6.45) is 0. The predicted octanol–water partition coefficient (Wildman–Crippen LogP) is 1.89. The van der Waals surface area contributed by atoms with E-state index in [1.54, 1.807) is 26.2 Å². The van der Waals surface area contributed by atoms with Crippen molar-refractivity contribution in [3.05, 3.63) is 59.7 Å². The standard InChI is InChI=1S/C23H25N3O4/c1-14(24-21(28)19-13-26(4)23(30)20(19)27)17-6-5-7-18(12-17)15-8-10-16(11-9-15)22(29)25(2)3/h5-12,14,19H,13H2,1-4H3,(H,24,28)/t14-,19?/m1/s1. The first kappa shape index (κ1) is 21.2. The fraction of sp³-hybridized carbons (Fsp3) is 0.304. The first-order valence-corrected chi connectivity index (χ1v) is 9.70. The van der Waals surface area contributed by atoms with Crippen LogP contribution in [0.3, 0.4) is 0 Å². The highest BCUT2D eigenvalue weighted by molar-refractivity contribution is 6.42. The summed E-state index contributed by atoms with van der Waals surface area (Å²) in [7, 11) is 4.93. The van der Waals surface area contributed by atoms with Crippen LogP contribution in [0.1, 0.15) is 28.9 Å². The van der Waals surface area contributed by atoms with Gasteiger partial charge in [0.1, 0.15) is 5.92 Å². The monoisotopic (exact) mass is 407 g/mol. The molecule has 1 aliphatic heterocycles. The number of carbonyl (C=O) groups excluding carboxylic acids is 4. The Morgan fingerprint density at radius 3 is 2.30 bits per heavy atom. The van der Waals surface area contributed by atoms with Crippen molar-refractivity contribution < 1.29 is 19.2 Å². The third-order valence-electron chi connectivity index (χ3n) is 5.26. The Bertz CT molecular complexity index is 998. The maximum absolute atomic E-state index is 12.5. The van der Waals surface area contributed by atoms with E-state index in [0.29, 0.717) is 5.56 Å². The summed E-state index contributed by atoms with van der Waals surface area (Å²) in [5.74, 6) is -2.75. The molecular formula is C23H25N3O4. The number of likely N-dealkylation sites (tertiary alicyclic amines) is 1. The quantitative estimate of drug-likeness (QED) is 0.606. The van der Waals surface area contributed by atoms with Gasteiger partial charge in [-0.05, 0) is 41.8 Å². The molecule has 1 heterocycles. The van der Waals surface area contributed by atoms with Crippen LogP contribution in [0, 0.1) is 5.92 Å². The third-order valence-corrected chi connectivity index (χ3v) is 5.26. The highest BCUT2D eigenvalue weighted by Crippen LogP contribution is 2.24. The van der Waals surface area contributed by atoms with E-state index in [1.165, 1.54) is 16.8 Å². The lowest BCUT2D eigenvalue weighted by molar-refractivity contribution is -0.142. The van der Waals surface area contributed by atoms with Crippen LogP contribution in [-0.2, 0) is 14.4 Å². The van der Waals surface area contributed by atoms with E-state index in [-0.39, 0.29) is 18.5 Å². The molecule has 2 atom stereocenters. The van der Waals surface area contributed by atoms with Gasteiger partial charge >= 0.3 is 0 Å². The summed E-state index contributed by atoms with van der Waals surface area (Å²) in [6.45, 7) is 1.94. The molecular weight excluding hydrogens is 382 g/mol. The van der Waals surface area contributed by atoms with Crippen LogP contribution in [0.4, 0.5) is 0 Å². The number of ketones is 1. The molecule has 2 aromatic carbocycles. The number of hydrogen-bond acceptors (Lipinski definition) is 4. The van der Waals surface area contributed by atoms with Gasteiger partial charge in [0.25, 0.3) is 11.8 Å². The lowest BCUT2D eigenvalue weighted by atomic mass is 9.98. The fourth-order valence-electron chi connectivity index (χ4n) is 3.43. The number of benzene rings is 2. The van der Waals surface area contributed by atoms with Crippen LogP contribution in [0.5, 0.6) is 0 Å². The molecule has 7 nitrogen and oxygen atoms in total. The van der Waals surface area contributed by atoms with Crippen LogP contribution in [-0.4, -0.2) is 61.0 Å². The number of hydrogen-bond donors (Lipinski definition) is 1. The number of carbonyl (C=O) groups is 4. The van der Waals surface area contributed by atoms with Gasteiger partial charge in [-0.1, -0.05) is 30.3 Å². The molecule has 1 unspecified atom stereocenters. The number of likely N-dealkylation sites (N-methyl/N-ethyl adjacent to an activating group) is 1. The number of Topliss-reactive ketones (excluding diaryl/α,β-unsaturated/α-hetero) is 1. The Labute approximate surface area is 175 Å². The molecule has 0 bridgehead atoms. The number of rotatable bonds is 5. The summed E-state index contributed by atoms with van der Waals surface area (Å²) < 4.78 is 0. The smallest absolute Gasteiger partial charge is 0.290 e. The van der Waals surface area contributed by atoms with Gasteiger partial charge in [-0.15, -0.1) is 0 Å². The largest absolute Gasteiger partial charge is 0.349 e. The van der Waals surface area contributed by atoms with Gasteiger partial charge in [-0.3, -0.25) is 19.2 Å². The SMILES string of the molecule is C[C@@H](NC(=O)C1CN(C)C(=O)C1=O)c1cccc(-c2ccc(C(=O)N(C)C)cc2)c1. The predicted molar refractivity (Wildman–Crippen MR) is 113 cm³/mol. The Hall–Kier alpha value is -3.48. The van der Waals surface area contributed by atoms with E-state index >= 15 is 0 Å². The minimum atomic E-state index is -0.963. The summed E-state index contributed by atoms with van der Waals surface area (Å²) in [4.78, 5) is 50.9. The highest BCUT2D eigenvalue weighted by atomic mass is 16.2. The molecule has 30 heavy (non-hydrogen) atoms. The molecule has 1 N–H and O–H groups in total. The van der Waals surface area contributed by atoms with Crippen molar-refractivity contribution in [3.63, 3.8) is 0 Å². The van der Waals surface area contributed by atoms with E-state index < -0.39 is 23.5 Å². The summed E-state index contributed by atoms with van der Waals surface area (Å²) in [6, 6.07) is 14.7. The van der Waals surface area contributed by atoms with Crippen molar-refractivity contribution in [2.24, 2.45) is 5.92 Å². The van der Waals surface area contributed by atoms with Crippen LogP contribution >= 0.6 is 0 Å². The molecule has 0 spiro atoms. The number of amides is 3. The Morgan fingerprint density at radius 2 is 1.73 bits per heavy atom. The second-order valence-electron chi connectivity index (χ2n) is 7.74. The van der Waals surface area contributed by atoms with Gasteiger partial charge in [0.05, 0.1) is 6.04 Å². The summed E-state index contributed by atoms with van der Waals surface area (Å²) in [5.41, 5.74) is 3.38. The van der Waals surface area contributed by atoms with E-state index in [2.05, 4.69) is 5.32 Å². The lowest BCUT2D eigenvalue weighted by Crippen LogP contribution is -2.37. The second kappa shape index (κ2) is 8.49. The molecule has 1 saturated heterocycles. The average molecular weight is 407 g/mol. The van der Waals surface area contributed by atoms with Crippen LogP contribution < -0.4 is 5.32 Å². The molecule has 3 amide bonds. The minimum absolute atomic E-state index is 0.0581. The molecule has 0 radical (unpaired) electrons. The number of nitrogens with one attached hydrogen (secondary N) is 1. The first-order valence-electron chi connectivity index (χ1n) is 9.70. The zero-order chi connectivity index (χ0) is 22.0. The van der Waals surface area contributed by atoms with E-state index in [0.717, 1.165) is 16.7 Å². The normalized spacial score (nSPS) is 17.1.